The Hall–Kier alpha value is -2.26. The highest BCUT2D eigenvalue weighted by Crippen LogP contribution is 2.30. The third-order valence-electron chi connectivity index (χ3n) is 3.50. The number of hydrogen-bond donors (Lipinski definition) is 1. The second kappa shape index (κ2) is 9.01. The molecule has 0 saturated heterocycles. The summed E-state index contributed by atoms with van der Waals surface area (Å²) in [6.07, 6.45) is 1.19. The van der Waals surface area contributed by atoms with E-state index in [9.17, 15) is 4.79 Å². The van der Waals surface area contributed by atoms with Crippen LogP contribution in [0, 0.1) is 11.3 Å². The van der Waals surface area contributed by atoms with Crippen LogP contribution in [-0.4, -0.2) is 49.7 Å². The summed E-state index contributed by atoms with van der Waals surface area (Å²) in [7, 11) is 0. The molecule has 1 aliphatic heterocycles. The summed E-state index contributed by atoms with van der Waals surface area (Å²) in [6, 6.07) is 9.62. The maximum absolute atomic E-state index is 11.9. The van der Waals surface area contributed by atoms with Gasteiger partial charge in [0.15, 0.2) is 11.5 Å². The van der Waals surface area contributed by atoms with Crippen LogP contribution in [-0.2, 0) is 4.79 Å². The summed E-state index contributed by atoms with van der Waals surface area (Å²) >= 11 is 0. The molecule has 0 unspecified atom stereocenters. The van der Waals surface area contributed by atoms with Crippen LogP contribution in [0.4, 0.5) is 0 Å². The van der Waals surface area contributed by atoms with E-state index in [4.69, 9.17) is 14.7 Å². The average Bonchev–Trinajstić information content (AvgIpc) is 2.55. The molecule has 0 aromatic heterocycles. The molecule has 0 bridgehead atoms. The highest BCUT2D eigenvalue weighted by molar-refractivity contribution is 5.78. The lowest BCUT2D eigenvalue weighted by Crippen LogP contribution is -2.45. The van der Waals surface area contributed by atoms with E-state index in [-0.39, 0.29) is 12.0 Å². The Bertz CT molecular complexity index is 556. The highest BCUT2D eigenvalue weighted by atomic mass is 16.6. The largest absolute Gasteiger partial charge is 0.486 e. The number of rotatable bonds is 8. The summed E-state index contributed by atoms with van der Waals surface area (Å²) in [4.78, 5) is 14.0. The Kier molecular flexibility index (Phi) is 6.70. The summed E-state index contributed by atoms with van der Waals surface area (Å²) in [5.74, 6) is 1.45. The predicted molar refractivity (Wildman–Crippen MR) is 86.3 cm³/mol. The van der Waals surface area contributed by atoms with Crippen LogP contribution < -0.4 is 14.8 Å². The van der Waals surface area contributed by atoms with E-state index in [0.29, 0.717) is 32.7 Å². The van der Waals surface area contributed by atoms with Crippen molar-refractivity contribution in [2.45, 2.75) is 25.9 Å². The maximum atomic E-state index is 11.9. The quantitative estimate of drug-likeness (QED) is 0.737. The molecular formula is C17H23N3O3. The van der Waals surface area contributed by atoms with E-state index in [1.807, 2.05) is 30.3 Å². The molecule has 1 atom stereocenters. The molecule has 6 heteroatoms. The molecule has 1 heterocycles. The van der Waals surface area contributed by atoms with Gasteiger partial charge < -0.3 is 14.8 Å². The zero-order chi connectivity index (χ0) is 16.5. The van der Waals surface area contributed by atoms with Crippen LogP contribution in [0.3, 0.4) is 0 Å². The van der Waals surface area contributed by atoms with E-state index in [1.54, 1.807) is 0 Å². The normalized spacial score (nSPS) is 16.0. The van der Waals surface area contributed by atoms with Gasteiger partial charge in [0.05, 0.1) is 19.0 Å². The van der Waals surface area contributed by atoms with Gasteiger partial charge in [0.1, 0.15) is 12.7 Å². The molecule has 1 aliphatic rings. The number of hydrogen-bond acceptors (Lipinski definition) is 5. The number of nitrogens with zero attached hydrogens (tertiary/aromatic N) is 2. The molecule has 1 aromatic carbocycles. The van der Waals surface area contributed by atoms with Crippen LogP contribution in [0.1, 0.15) is 19.8 Å². The minimum absolute atomic E-state index is 0.0640. The van der Waals surface area contributed by atoms with Crippen LogP contribution in [0.5, 0.6) is 11.5 Å². The Morgan fingerprint density at radius 2 is 2.22 bits per heavy atom. The molecule has 2 rings (SSSR count). The number of nitriles is 1. The molecule has 124 valence electrons. The molecule has 0 spiro atoms. The second-order valence-corrected chi connectivity index (χ2v) is 5.49. The number of benzene rings is 1. The number of ether oxygens (including phenoxy) is 2. The van der Waals surface area contributed by atoms with Gasteiger partial charge in [0.2, 0.25) is 5.91 Å². The lowest BCUT2D eigenvalue weighted by atomic mass is 10.2. The number of nitrogens with one attached hydrogen (secondary N) is 1. The summed E-state index contributed by atoms with van der Waals surface area (Å²) in [5.41, 5.74) is 0. The molecule has 1 N–H and O–H groups in total. The van der Waals surface area contributed by atoms with Crippen LogP contribution in [0.15, 0.2) is 24.3 Å². The molecular weight excluding hydrogens is 294 g/mol. The number of fused-ring (bicyclic) bond motifs is 1. The van der Waals surface area contributed by atoms with Gasteiger partial charge in [-0.2, -0.15) is 5.26 Å². The first kappa shape index (κ1) is 17.1. The van der Waals surface area contributed by atoms with E-state index in [2.05, 4.69) is 17.1 Å². The molecule has 0 radical (unpaired) electrons. The van der Waals surface area contributed by atoms with E-state index in [0.717, 1.165) is 24.5 Å². The first-order valence-electron chi connectivity index (χ1n) is 7.97. The molecule has 6 nitrogen and oxygen atoms in total. The second-order valence-electron chi connectivity index (χ2n) is 5.49. The Morgan fingerprint density at radius 3 is 2.96 bits per heavy atom. The topological polar surface area (TPSA) is 74.6 Å². The SMILES string of the molecule is CCCN(CC(=O)NCCC#N)C[C@H]1COc2ccccc2O1. The molecule has 1 amide bonds. The summed E-state index contributed by atoms with van der Waals surface area (Å²) in [5, 5.41) is 11.2. The van der Waals surface area contributed by atoms with E-state index < -0.39 is 0 Å². The first-order chi connectivity index (χ1) is 11.2. The third-order valence-corrected chi connectivity index (χ3v) is 3.50. The maximum Gasteiger partial charge on any atom is 0.234 e. The fourth-order valence-corrected chi connectivity index (χ4v) is 2.51. The van der Waals surface area contributed by atoms with Gasteiger partial charge >= 0.3 is 0 Å². The van der Waals surface area contributed by atoms with Gasteiger partial charge in [0, 0.05) is 13.1 Å². The van der Waals surface area contributed by atoms with Crippen LogP contribution in [0.25, 0.3) is 0 Å². The Labute approximate surface area is 137 Å². The van der Waals surface area contributed by atoms with Crippen molar-refractivity contribution in [3.63, 3.8) is 0 Å². The van der Waals surface area contributed by atoms with Gasteiger partial charge in [-0.3, -0.25) is 9.69 Å². The smallest absolute Gasteiger partial charge is 0.234 e. The van der Waals surface area contributed by atoms with Gasteiger partial charge in [-0.05, 0) is 25.1 Å². The minimum atomic E-state index is -0.0941. The minimum Gasteiger partial charge on any atom is -0.486 e. The third kappa shape index (κ3) is 5.46. The number of para-hydroxylation sites is 2. The van der Waals surface area contributed by atoms with Crippen LogP contribution in [0.2, 0.25) is 0 Å². The average molecular weight is 317 g/mol. The fraction of sp³-hybridized carbons (Fsp3) is 0.529. The van der Waals surface area contributed by atoms with Crippen molar-refractivity contribution in [3.05, 3.63) is 24.3 Å². The monoisotopic (exact) mass is 317 g/mol. The van der Waals surface area contributed by atoms with Gasteiger partial charge in [-0.1, -0.05) is 19.1 Å². The lowest BCUT2D eigenvalue weighted by Gasteiger charge is -2.31. The molecule has 0 aliphatic carbocycles. The Balaban J connectivity index is 1.85. The molecule has 0 saturated carbocycles. The zero-order valence-electron chi connectivity index (χ0n) is 13.5. The van der Waals surface area contributed by atoms with Crippen molar-refractivity contribution >= 4 is 5.91 Å². The van der Waals surface area contributed by atoms with Gasteiger partial charge in [0.25, 0.3) is 0 Å². The molecule has 1 aromatic rings. The molecule has 23 heavy (non-hydrogen) atoms. The van der Waals surface area contributed by atoms with Crippen molar-refractivity contribution in [2.75, 3.05) is 32.8 Å². The number of carbonyl (C=O) groups is 1. The van der Waals surface area contributed by atoms with Crippen molar-refractivity contribution in [2.24, 2.45) is 0 Å². The van der Waals surface area contributed by atoms with Crippen molar-refractivity contribution in [3.8, 4) is 17.6 Å². The Morgan fingerprint density at radius 1 is 1.43 bits per heavy atom. The number of amides is 1. The van der Waals surface area contributed by atoms with Gasteiger partial charge in [-0.25, -0.2) is 0 Å². The predicted octanol–water partition coefficient (Wildman–Crippen LogP) is 1.57. The lowest BCUT2D eigenvalue weighted by molar-refractivity contribution is -0.122. The van der Waals surface area contributed by atoms with Gasteiger partial charge in [-0.15, -0.1) is 0 Å². The van der Waals surface area contributed by atoms with E-state index >= 15 is 0 Å². The fourth-order valence-electron chi connectivity index (χ4n) is 2.51. The highest BCUT2D eigenvalue weighted by Gasteiger charge is 2.23. The van der Waals surface area contributed by atoms with Crippen molar-refractivity contribution < 1.29 is 14.3 Å². The first-order valence-corrected chi connectivity index (χ1v) is 7.97. The van der Waals surface area contributed by atoms with Crippen molar-refractivity contribution in [1.29, 1.82) is 5.26 Å². The number of carbonyl (C=O) groups excluding carboxylic acids is 1. The standard InChI is InChI=1S/C17H23N3O3/c1-2-10-20(12-17(21)19-9-5-8-18)11-14-13-22-15-6-3-4-7-16(15)23-14/h3-4,6-7,14H,2,5,9-13H2,1H3,(H,19,21)/t14-/m0/s1. The van der Waals surface area contributed by atoms with Crippen molar-refractivity contribution in [1.82, 2.24) is 10.2 Å². The molecule has 0 fully saturated rings. The summed E-state index contributed by atoms with van der Waals surface area (Å²) in [6.45, 7) is 4.70. The van der Waals surface area contributed by atoms with Crippen LogP contribution >= 0.6 is 0 Å². The van der Waals surface area contributed by atoms with E-state index in [1.165, 1.54) is 0 Å². The summed E-state index contributed by atoms with van der Waals surface area (Å²) < 4.78 is 11.7. The zero-order valence-corrected chi connectivity index (χ0v) is 13.5.